The van der Waals surface area contributed by atoms with E-state index in [-0.39, 0.29) is 0 Å². The van der Waals surface area contributed by atoms with Crippen molar-refractivity contribution in [2.45, 2.75) is 20.0 Å². The third-order valence-corrected chi connectivity index (χ3v) is 3.94. The average Bonchev–Trinajstić information content (AvgIpc) is 2.65. The molecule has 108 valence electrons. The number of nitrogens with zero attached hydrogens (tertiary/aromatic N) is 2. The lowest BCUT2D eigenvalue weighted by atomic mass is 10.1. The highest BCUT2D eigenvalue weighted by atomic mass is 35.5. The third kappa shape index (κ3) is 3.08. The number of hydrogen-bond acceptors (Lipinski definition) is 3. The molecule has 1 aromatic carbocycles. The summed E-state index contributed by atoms with van der Waals surface area (Å²) in [5, 5.41) is 5.51. The zero-order valence-corrected chi connectivity index (χ0v) is 13.0. The van der Waals surface area contributed by atoms with Crippen molar-refractivity contribution in [1.29, 1.82) is 0 Å². The summed E-state index contributed by atoms with van der Waals surface area (Å²) in [7, 11) is 1.80. The molecule has 2 aromatic rings. The molecule has 0 saturated heterocycles. The van der Waals surface area contributed by atoms with Crippen LogP contribution in [0.2, 0.25) is 10.2 Å². The molecule has 0 amide bonds. The van der Waals surface area contributed by atoms with E-state index in [1.165, 1.54) is 0 Å². The second-order valence-corrected chi connectivity index (χ2v) is 5.29. The van der Waals surface area contributed by atoms with E-state index in [1.54, 1.807) is 11.7 Å². The molecule has 0 aliphatic rings. The van der Waals surface area contributed by atoms with E-state index in [0.717, 1.165) is 22.6 Å². The number of hydrogen-bond donors (Lipinski definition) is 1. The van der Waals surface area contributed by atoms with Crippen LogP contribution in [0.3, 0.4) is 0 Å². The Morgan fingerprint density at radius 2 is 2.05 bits per heavy atom. The van der Waals surface area contributed by atoms with E-state index in [1.807, 2.05) is 25.1 Å². The van der Waals surface area contributed by atoms with Gasteiger partial charge in [-0.2, -0.15) is 5.10 Å². The zero-order chi connectivity index (χ0) is 14.7. The second kappa shape index (κ2) is 6.48. The fraction of sp³-hybridized carbons (Fsp3) is 0.357. The highest BCUT2D eigenvalue weighted by Crippen LogP contribution is 2.28. The maximum atomic E-state index is 6.19. The molecule has 0 bridgehead atoms. The minimum Gasteiger partial charge on any atom is -0.488 e. The van der Waals surface area contributed by atoms with Crippen LogP contribution in [0.4, 0.5) is 0 Å². The molecule has 0 radical (unpaired) electrons. The summed E-state index contributed by atoms with van der Waals surface area (Å²) in [6.07, 6.45) is 0.675. The van der Waals surface area contributed by atoms with E-state index in [9.17, 15) is 0 Å². The first-order chi connectivity index (χ1) is 9.54. The van der Waals surface area contributed by atoms with Crippen LogP contribution in [0.15, 0.2) is 18.2 Å². The molecule has 1 heterocycles. The third-order valence-electron chi connectivity index (χ3n) is 3.11. The molecule has 2 N–H and O–H groups in total. The SMILES string of the molecule is Cc1nn(C)c(Cl)c1COc1cccc(Cl)c1CCN. The maximum Gasteiger partial charge on any atom is 0.133 e. The first-order valence-corrected chi connectivity index (χ1v) is 7.08. The largest absolute Gasteiger partial charge is 0.488 e. The summed E-state index contributed by atoms with van der Waals surface area (Å²) in [5.41, 5.74) is 8.28. The highest BCUT2D eigenvalue weighted by Gasteiger charge is 2.13. The van der Waals surface area contributed by atoms with Crippen molar-refractivity contribution in [3.63, 3.8) is 0 Å². The van der Waals surface area contributed by atoms with Crippen molar-refractivity contribution < 1.29 is 4.74 Å². The first kappa shape index (κ1) is 15.2. The summed E-state index contributed by atoms with van der Waals surface area (Å²) in [6, 6.07) is 5.58. The van der Waals surface area contributed by atoms with Gasteiger partial charge in [0.15, 0.2) is 0 Å². The maximum absolute atomic E-state index is 6.19. The Morgan fingerprint density at radius 3 is 2.65 bits per heavy atom. The van der Waals surface area contributed by atoms with Crippen molar-refractivity contribution in [2.75, 3.05) is 6.54 Å². The number of nitrogens with two attached hydrogens (primary N) is 1. The molecule has 0 saturated carbocycles. The van der Waals surface area contributed by atoms with Gasteiger partial charge in [-0.15, -0.1) is 0 Å². The Hall–Kier alpha value is -1.23. The van der Waals surface area contributed by atoms with Crippen LogP contribution >= 0.6 is 23.2 Å². The molecular weight excluding hydrogens is 297 g/mol. The van der Waals surface area contributed by atoms with Gasteiger partial charge in [-0.05, 0) is 32.0 Å². The minimum atomic E-state index is 0.358. The average molecular weight is 314 g/mol. The van der Waals surface area contributed by atoms with Crippen LogP contribution in [0.1, 0.15) is 16.8 Å². The van der Waals surface area contributed by atoms with Crippen LogP contribution in [-0.4, -0.2) is 16.3 Å². The van der Waals surface area contributed by atoms with Crippen molar-refractivity contribution in [1.82, 2.24) is 9.78 Å². The first-order valence-electron chi connectivity index (χ1n) is 6.32. The lowest BCUT2D eigenvalue weighted by molar-refractivity contribution is 0.302. The second-order valence-electron chi connectivity index (χ2n) is 4.52. The van der Waals surface area contributed by atoms with E-state index in [4.69, 9.17) is 33.7 Å². The normalized spacial score (nSPS) is 10.8. The molecule has 0 aliphatic carbocycles. The van der Waals surface area contributed by atoms with Gasteiger partial charge in [-0.3, -0.25) is 4.68 Å². The molecule has 0 unspecified atom stereocenters. The van der Waals surface area contributed by atoms with Crippen LogP contribution in [0, 0.1) is 6.92 Å². The number of rotatable bonds is 5. The van der Waals surface area contributed by atoms with Gasteiger partial charge in [0.2, 0.25) is 0 Å². The topological polar surface area (TPSA) is 53.1 Å². The van der Waals surface area contributed by atoms with Gasteiger partial charge in [0, 0.05) is 23.2 Å². The Bertz CT molecular complexity index is 611. The molecule has 2 rings (SSSR count). The van der Waals surface area contributed by atoms with Crippen LogP contribution in [0.5, 0.6) is 5.75 Å². The number of aryl methyl sites for hydroxylation is 2. The fourth-order valence-corrected chi connectivity index (χ4v) is 2.54. The highest BCUT2D eigenvalue weighted by molar-refractivity contribution is 6.31. The summed E-state index contributed by atoms with van der Waals surface area (Å²) in [5.74, 6) is 0.738. The van der Waals surface area contributed by atoms with E-state index in [0.29, 0.717) is 29.7 Å². The van der Waals surface area contributed by atoms with Crippen molar-refractivity contribution in [3.05, 3.63) is 45.2 Å². The number of halogens is 2. The van der Waals surface area contributed by atoms with Gasteiger partial charge in [0.05, 0.1) is 5.69 Å². The molecule has 6 heteroatoms. The monoisotopic (exact) mass is 313 g/mol. The Labute approximate surface area is 128 Å². The summed E-state index contributed by atoms with van der Waals surface area (Å²) >= 11 is 12.4. The molecule has 0 atom stereocenters. The van der Waals surface area contributed by atoms with Crippen molar-refractivity contribution in [3.8, 4) is 5.75 Å². The molecule has 1 aromatic heterocycles. The molecule has 0 aliphatic heterocycles. The lowest BCUT2D eigenvalue weighted by Crippen LogP contribution is -2.06. The smallest absolute Gasteiger partial charge is 0.133 e. The van der Waals surface area contributed by atoms with Crippen molar-refractivity contribution in [2.24, 2.45) is 12.8 Å². The molecule has 20 heavy (non-hydrogen) atoms. The number of ether oxygens (including phenoxy) is 1. The van der Waals surface area contributed by atoms with Gasteiger partial charge in [-0.25, -0.2) is 0 Å². The van der Waals surface area contributed by atoms with Gasteiger partial charge >= 0.3 is 0 Å². The predicted molar refractivity (Wildman–Crippen MR) is 81.5 cm³/mol. The fourth-order valence-electron chi connectivity index (χ4n) is 2.05. The predicted octanol–water partition coefficient (Wildman–Crippen LogP) is 3.12. The Kier molecular flexibility index (Phi) is 4.91. The Balaban J connectivity index is 2.21. The van der Waals surface area contributed by atoms with Crippen LogP contribution in [-0.2, 0) is 20.1 Å². The summed E-state index contributed by atoms with van der Waals surface area (Å²) in [4.78, 5) is 0. The summed E-state index contributed by atoms with van der Waals surface area (Å²) in [6.45, 7) is 2.78. The quantitative estimate of drug-likeness (QED) is 0.922. The van der Waals surface area contributed by atoms with E-state index >= 15 is 0 Å². The van der Waals surface area contributed by atoms with Crippen LogP contribution < -0.4 is 10.5 Å². The van der Waals surface area contributed by atoms with Crippen LogP contribution in [0.25, 0.3) is 0 Å². The standard InChI is InChI=1S/C14H17Cl2N3O/c1-9-11(14(16)19(2)18-9)8-20-13-5-3-4-12(15)10(13)6-7-17/h3-5H,6-8,17H2,1-2H3. The van der Waals surface area contributed by atoms with Gasteiger partial charge in [0.25, 0.3) is 0 Å². The molecule has 0 spiro atoms. The van der Waals surface area contributed by atoms with E-state index < -0.39 is 0 Å². The minimum absolute atomic E-state index is 0.358. The molecule has 0 fully saturated rings. The van der Waals surface area contributed by atoms with E-state index in [2.05, 4.69) is 5.10 Å². The van der Waals surface area contributed by atoms with Gasteiger partial charge in [0.1, 0.15) is 17.5 Å². The number of aromatic nitrogens is 2. The molecule has 4 nitrogen and oxygen atoms in total. The summed E-state index contributed by atoms with van der Waals surface area (Å²) < 4.78 is 7.49. The Morgan fingerprint density at radius 1 is 1.30 bits per heavy atom. The van der Waals surface area contributed by atoms with Gasteiger partial charge < -0.3 is 10.5 Å². The zero-order valence-electron chi connectivity index (χ0n) is 11.5. The van der Waals surface area contributed by atoms with Crippen molar-refractivity contribution >= 4 is 23.2 Å². The van der Waals surface area contributed by atoms with Gasteiger partial charge in [-0.1, -0.05) is 29.3 Å². The number of benzene rings is 1. The molecular formula is C14H17Cl2N3O. The lowest BCUT2D eigenvalue weighted by Gasteiger charge is -2.12.